The molecule has 0 bridgehead atoms. The molecule has 1 heterocycles. The van der Waals surface area contributed by atoms with Crippen LogP contribution in [0.5, 0.6) is 11.5 Å². The third-order valence-electron chi connectivity index (χ3n) is 9.25. The molecule has 3 N–H and O–H groups in total. The third-order valence-corrected chi connectivity index (χ3v) is 9.25. The van der Waals surface area contributed by atoms with E-state index in [4.69, 9.17) is 14.2 Å². The van der Waals surface area contributed by atoms with Crippen LogP contribution in [0.4, 0.5) is 16.2 Å². The van der Waals surface area contributed by atoms with Crippen LogP contribution in [0, 0.1) is 5.92 Å². The Labute approximate surface area is 283 Å². The molecule has 1 aliphatic heterocycles. The number of aliphatic hydroxyl groups is 1. The molecule has 4 unspecified atom stereocenters. The number of ether oxygens (including phenoxy) is 3. The predicted molar refractivity (Wildman–Crippen MR) is 189 cm³/mol. The molecule has 8 heteroatoms. The highest BCUT2D eigenvalue weighted by Gasteiger charge is 2.40. The zero-order chi connectivity index (χ0) is 33.3. The highest BCUT2D eigenvalue weighted by Crippen LogP contribution is 2.42. The molecule has 6 rings (SSSR count). The molecule has 1 aliphatic carbocycles. The van der Waals surface area contributed by atoms with Gasteiger partial charge in [0.1, 0.15) is 11.5 Å². The Morgan fingerprint density at radius 1 is 0.875 bits per heavy atom. The second-order valence-corrected chi connectivity index (χ2v) is 12.6. The highest BCUT2D eigenvalue weighted by atomic mass is 16.7. The van der Waals surface area contributed by atoms with Gasteiger partial charge < -0.3 is 30.0 Å². The molecule has 1 saturated heterocycles. The first-order valence-electron chi connectivity index (χ1n) is 16.9. The lowest BCUT2D eigenvalue weighted by Gasteiger charge is -2.43. The number of nitrogens with one attached hydrogen (secondary N) is 2. The number of carbonyl (C=O) groups is 1. The number of hydrogen-bond acceptors (Lipinski definition) is 6. The van der Waals surface area contributed by atoms with Gasteiger partial charge in [-0.25, -0.2) is 4.79 Å². The van der Waals surface area contributed by atoms with E-state index in [1.54, 1.807) is 12.1 Å². The van der Waals surface area contributed by atoms with E-state index in [1.807, 2.05) is 97.1 Å². The minimum Gasteiger partial charge on any atom is -0.457 e. The van der Waals surface area contributed by atoms with Gasteiger partial charge >= 0.3 is 6.03 Å². The minimum absolute atomic E-state index is 0.00499. The van der Waals surface area contributed by atoms with Crippen molar-refractivity contribution in [1.29, 1.82) is 0 Å². The van der Waals surface area contributed by atoms with Crippen molar-refractivity contribution >= 4 is 17.4 Å². The fourth-order valence-corrected chi connectivity index (χ4v) is 6.65. The van der Waals surface area contributed by atoms with Gasteiger partial charge in [0.05, 0.1) is 18.8 Å². The minimum atomic E-state index is -0.634. The fourth-order valence-electron chi connectivity index (χ4n) is 6.65. The Kier molecular flexibility index (Phi) is 11.2. The molecular weight excluding hydrogens is 602 g/mol. The summed E-state index contributed by atoms with van der Waals surface area (Å²) in [5, 5.41) is 15.4. The fraction of sp³-hybridized carbons (Fsp3) is 0.325. The maximum Gasteiger partial charge on any atom is 0.323 e. The van der Waals surface area contributed by atoms with Crippen molar-refractivity contribution < 1.29 is 24.1 Å². The Hall–Kier alpha value is -4.47. The van der Waals surface area contributed by atoms with Crippen LogP contribution >= 0.6 is 0 Å². The Morgan fingerprint density at radius 2 is 1.58 bits per heavy atom. The maximum absolute atomic E-state index is 13.0. The average Bonchev–Trinajstić information content (AvgIpc) is 3.66. The first-order chi connectivity index (χ1) is 23.5. The van der Waals surface area contributed by atoms with Crippen LogP contribution in [0.25, 0.3) is 0 Å². The molecule has 2 aliphatic rings. The van der Waals surface area contributed by atoms with E-state index < -0.39 is 6.29 Å². The lowest BCUT2D eigenvalue weighted by atomic mass is 9.89. The largest absolute Gasteiger partial charge is 0.457 e. The van der Waals surface area contributed by atoms with Crippen LogP contribution in [0.2, 0.25) is 0 Å². The van der Waals surface area contributed by atoms with Gasteiger partial charge in [0.2, 0.25) is 0 Å². The van der Waals surface area contributed by atoms with Crippen molar-refractivity contribution in [2.24, 2.45) is 5.92 Å². The molecule has 250 valence electrons. The summed E-state index contributed by atoms with van der Waals surface area (Å²) in [6, 6.07) is 32.5. The van der Waals surface area contributed by atoms with E-state index >= 15 is 0 Å². The van der Waals surface area contributed by atoms with E-state index in [2.05, 4.69) is 29.0 Å². The summed E-state index contributed by atoms with van der Waals surface area (Å²) in [6.07, 6.45) is 5.94. The first kappa shape index (κ1) is 33.4. The number of para-hydroxylation sites is 1. The van der Waals surface area contributed by atoms with Gasteiger partial charge in [-0.3, -0.25) is 4.90 Å². The predicted octanol–water partition coefficient (Wildman–Crippen LogP) is 8.84. The van der Waals surface area contributed by atoms with E-state index in [0.717, 1.165) is 35.5 Å². The summed E-state index contributed by atoms with van der Waals surface area (Å²) in [5.74, 6) is 1.50. The van der Waals surface area contributed by atoms with E-state index in [0.29, 0.717) is 23.2 Å². The second kappa shape index (κ2) is 16.1. The smallest absolute Gasteiger partial charge is 0.323 e. The molecule has 48 heavy (non-hydrogen) atoms. The molecule has 4 atom stereocenters. The second-order valence-electron chi connectivity index (χ2n) is 12.6. The van der Waals surface area contributed by atoms with Gasteiger partial charge in [-0.05, 0) is 72.5 Å². The molecule has 1 saturated carbocycles. The number of anilines is 2. The summed E-state index contributed by atoms with van der Waals surface area (Å²) in [7, 11) is 0. The van der Waals surface area contributed by atoms with Crippen LogP contribution in [0.15, 0.2) is 116 Å². The number of amides is 2. The van der Waals surface area contributed by atoms with Crippen molar-refractivity contribution in [3.05, 3.63) is 132 Å². The summed E-state index contributed by atoms with van der Waals surface area (Å²) >= 11 is 0. The quantitative estimate of drug-likeness (QED) is 0.133. The summed E-state index contributed by atoms with van der Waals surface area (Å²) in [6.45, 7) is 7.81. The summed E-state index contributed by atoms with van der Waals surface area (Å²) in [5.41, 5.74) is 3.99. The summed E-state index contributed by atoms with van der Waals surface area (Å²) in [4.78, 5) is 15.5. The normalized spacial score (nSPS) is 21.1. The number of carbonyl (C=O) groups excluding carboxylic acids is 1. The van der Waals surface area contributed by atoms with Gasteiger partial charge in [-0.2, -0.15) is 0 Å². The average molecular weight is 648 g/mol. The monoisotopic (exact) mass is 647 g/mol. The van der Waals surface area contributed by atoms with E-state index in [1.165, 1.54) is 25.7 Å². The van der Waals surface area contributed by atoms with Crippen LogP contribution in [0.1, 0.15) is 61.7 Å². The van der Waals surface area contributed by atoms with Crippen LogP contribution in [-0.4, -0.2) is 41.3 Å². The zero-order valence-electron chi connectivity index (χ0n) is 27.5. The van der Waals surface area contributed by atoms with Crippen molar-refractivity contribution in [2.45, 2.75) is 63.8 Å². The lowest BCUT2D eigenvalue weighted by Crippen LogP contribution is -2.47. The van der Waals surface area contributed by atoms with Gasteiger partial charge in [0.25, 0.3) is 0 Å². The van der Waals surface area contributed by atoms with Gasteiger partial charge in [-0.1, -0.05) is 80.4 Å². The van der Waals surface area contributed by atoms with Crippen molar-refractivity contribution in [2.75, 3.05) is 23.7 Å². The number of urea groups is 1. The molecule has 4 aromatic rings. The number of hydrogen-bond donors (Lipinski definition) is 3. The van der Waals surface area contributed by atoms with Crippen molar-refractivity contribution in [3.8, 4) is 11.5 Å². The maximum atomic E-state index is 13.0. The number of benzene rings is 4. The number of rotatable bonds is 12. The molecule has 2 fully saturated rings. The lowest BCUT2D eigenvalue weighted by molar-refractivity contribution is -0.276. The SMILES string of the molecule is C=CCN(CC1OC(c2cccc(NC(=O)Nc3ccc(Oc4ccccc4)cc3)c2)OC(c2ccc(CO)cc2)C1C)C1CCCC1. The third kappa shape index (κ3) is 8.51. The number of aliphatic hydroxyl groups excluding tert-OH is 1. The molecular formula is C40H45N3O5. The van der Waals surface area contributed by atoms with Gasteiger partial charge in [0, 0.05) is 42.0 Å². The van der Waals surface area contributed by atoms with Crippen molar-refractivity contribution in [3.63, 3.8) is 0 Å². The Balaban J connectivity index is 1.16. The van der Waals surface area contributed by atoms with Gasteiger partial charge in [-0.15, -0.1) is 6.58 Å². The first-order valence-corrected chi connectivity index (χ1v) is 16.9. The molecule has 2 amide bonds. The van der Waals surface area contributed by atoms with Crippen LogP contribution in [0.3, 0.4) is 0 Å². The van der Waals surface area contributed by atoms with Gasteiger partial charge in [0.15, 0.2) is 6.29 Å². The highest BCUT2D eigenvalue weighted by molar-refractivity contribution is 5.99. The van der Waals surface area contributed by atoms with E-state index in [9.17, 15) is 9.90 Å². The molecule has 0 spiro atoms. The van der Waals surface area contributed by atoms with Crippen molar-refractivity contribution in [1.82, 2.24) is 4.90 Å². The van der Waals surface area contributed by atoms with Crippen LogP contribution < -0.4 is 15.4 Å². The number of nitrogens with zero attached hydrogens (tertiary/aromatic N) is 1. The molecule has 0 aromatic heterocycles. The summed E-state index contributed by atoms with van der Waals surface area (Å²) < 4.78 is 19.3. The topological polar surface area (TPSA) is 92.3 Å². The standard InChI is InChI=1S/C40H45N3O5/c1-3-24-43(34-12-7-8-13-34)26-37-28(2)38(30-18-16-29(27-44)17-19-30)48-39(47-37)31-10-9-11-33(25-31)42-40(45)41-32-20-22-36(23-21-32)46-35-14-5-4-6-15-35/h3-6,9-11,14-23,25,28,34,37-39,44H,1,7-8,12-13,24,26-27H2,2H3,(H2,41,42,45). The zero-order valence-corrected chi connectivity index (χ0v) is 27.5. The Bertz CT molecular complexity index is 1620. The molecule has 0 radical (unpaired) electrons. The van der Waals surface area contributed by atoms with E-state index in [-0.39, 0.29) is 30.8 Å². The van der Waals surface area contributed by atoms with Crippen LogP contribution in [-0.2, 0) is 16.1 Å². The molecule has 4 aromatic carbocycles. The molecule has 8 nitrogen and oxygen atoms in total. The Morgan fingerprint density at radius 3 is 2.29 bits per heavy atom.